The fourth-order valence-corrected chi connectivity index (χ4v) is 2.52. The Morgan fingerprint density at radius 3 is 2.46 bits per heavy atom. The number of rotatable bonds is 6. The Kier molecular flexibility index (Phi) is 6.70. The first-order valence-corrected chi connectivity index (χ1v) is 7.98. The Hall–Kier alpha value is -1.51. The summed E-state index contributed by atoms with van der Waals surface area (Å²) in [4.78, 5) is 12.1. The molecule has 134 valence electrons. The summed E-state index contributed by atoms with van der Waals surface area (Å²) in [6.07, 6.45) is -6.24. The molecule has 1 fully saturated rings. The van der Waals surface area contributed by atoms with Crippen molar-refractivity contribution in [3.8, 4) is 0 Å². The third-order valence-corrected chi connectivity index (χ3v) is 4.04. The van der Waals surface area contributed by atoms with Crippen molar-refractivity contribution in [1.82, 2.24) is 0 Å². The number of aliphatic hydroxyl groups is 3. The highest BCUT2D eigenvalue weighted by Gasteiger charge is 2.44. The van der Waals surface area contributed by atoms with E-state index >= 15 is 0 Å². The molecule has 3 N–H and O–H groups in total. The molecule has 1 aromatic carbocycles. The summed E-state index contributed by atoms with van der Waals surface area (Å²) in [5, 5.41) is 29.6. The van der Waals surface area contributed by atoms with Gasteiger partial charge in [0.15, 0.2) is 6.29 Å². The number of hydrogen-bond acceptors (Lipinski definition) is 7. The van der Waals surface area contributed by atoms with Crippen LogP contribution in [0.15, 0.2) is 30.3 Å². The fourth-order valence-electron chi connectivity index (χ4n) is 2.52. The third kappa shape index (κ3) is 4.31. The second-order valence-electron chi connectivity index (χ2n) is 5.73. The normalized spacial score (nSPS) is 31.5. The van der Waals surface area contributed by atoms with Gasteiger partial charge in [0, 0.05) is 6.61 Å². The minimum absolute atomic E-state index is 0.246. The maximum Gasteiger partial charge on any atom is 0.313 e. The van der Waals surface area contributed by atoms with Crippen LogP contribution < -0.4 is 0 Å². The number of hydrogen-bond donors (Lipinski definition) is 3. The Morgan fingerprint density at radius 2 is 1.83 bits per heavy atom. The molecule has 0 bridgehead atoms. The van der Waals surface area contributed by atoms with Gasteiger partial charge in [-0.25, -0.2) is 0 Å². The van der Waals surface area contributed by atoms with Gasteiger partial charge in [-0.15, -0.1) is 0 Å². The van der Waals surface area contributed by atoms with E-state index in [1.165, 1.54) is 0 Å². The molecule has 0 saturated carbocycles. The van der Waals surface area contributed by atoms with Gasteiger partial charge in [-0.1, -0.05) is 30.3 Å². The number of esters is 1. The molecule has 0 aliphatic carbocycles. The summed E-state index contributed by atoms with van der Waals surface area (Å²) in [6.45, 7) is 3.45. The quantitative estimate of drug-likeness (QED) is 0.634. The summed E-state index contributed by atoms with van der Waals surface area (Å²) in [5.74, 6) is -0.935. The van der Waals surface area contributed by atoms with Gasteiger partial charge in [0.2, 0.25) is 0 Å². The van der Waals surface area contributed by atoms with Crippen molar-refractivity contribution in [3.05, 3.63) is 35.9 Å². The van der Waals surface area contributed by atoms with Crippen LogP contribution in [0, 0.1) is 0 Å². The summed E-state index contributed by atoms with van der Waals surface area (Å²) < 4.78 is 15.8. The van der Waals surface area contributed by atoms with Gasteiger partial charge in [0.1, 0.15) is 31.0 Å². The van der Waals surface area contributed by atoms with Crippen molar-refractivity contribution in [2.45, 2.75) is 50.5 Å². The fraction of sp³-hybridized carbons (Fsp3) is 0.588. The number of aliphatic hydroxyl groups excluding tert-OH is 3. The Bertz CT molecular complexity index is 521. The maximum absolute atomic E-state index is 12.1. The van der Waals surface area contributed by atoms with Crippen LogP contribution in [-0.4, -0.2) is 65.2 Å². The Balaban J connectivity index is 1.93. The summed E-state index contributed by atoms with van der Waals surface area (Å²) in [6, 6.07) is 9.16. The van der Waals surface area contributed by atoms with Gasteiger partial charge >= 0.3 is 5.97 Å². The van der Waals surface area contributed by atoms with E-state index in [-0.39, 0.29) is 13.2 Å². The molecule has 0 unspecified atom stereocenters. The van der Waals surface area contributed by atoms with Crippen LogP contribution in [0.2, 0.25) is 0 Å². The number of carbonyl (C=O) groups is 1. The third-order valence-electron chi connectivity index (χ3n) is 4.04. The van der Waals surface area contributed by atoms with Crippen LogP contribution >= 0.6 is 0 Å². The number of benzene rings is 1. The molecule has 7 nitrogen and oxygen atoms in total. The SMILES string of the molecule is CCO[C@@H]1O[C@H](COC(=O)[C@H](C)c2ccccc2)[C@@H](O)[C@H](O)[C@H]1O. The molecule has 6 atom stereocenters. The van der Waals surface area contributed by atoms with E-state index in [4.69, 9.17) is 14.2 Å². The zero-order chi connectivity index (χ0) is 17.7. The van der Waals surface area contributed by atoms with Crippen molar-refractivity contribution < 1.29 is 34.3 Å². The highest BCUT2D eigenvalue weighted by molar-refractivity contribution is 5.77. The molecule has 0 radical (unpaired) electrons. The van der Waals surface area contributed by atoms with E-state index in [9.17, 15) is 20.1 Å². The molecule has 1 heterocycles. The van der Waals surface area contributed by atoms with Gasteiger partial charge in [-0.3, -0.25) is 4.79 Å². The van der Waals surface area contributed by atoms with Gasteiger partial charge in [-0.05, 0) is 19.4 Å². The van der Waals surface area contributed by atoms with Crippen molar-refractivity contribution in [2.24, 2.45) is 0 Å². The lowest BCUT2D eigenvalue weighted by atomic mass is 9.99. The first kappa shape index (κ1) is 18.8. The molecule has 0 spiro atoms. The van der Waals surface area contributed by atoms with Crippen LogP contribution in [0.5, 0.6) is 0 Å². The molecule has 2 rings (SSSR count). The van der Waals surface area contributed by atoms with Gasteiger partial charge < -0.3 is 29.5 Å². The zero-order valence-electron chi connectivity index (χ0n) is 13.7. The van der Waals surface area contributed by atoms with Crippen LogP contribution in [-0.2, 0) is 19.0 Å². The van der Waals surface area contributed by atoms with Crippen molar-refractivity contribution in [1.29, 1.82) is 0 Å². The molecule has 24 heavy (non-hydrogen) atoms. The Labute approximate surface area is 140 Å². The second kappa shape index (κ2) is 8.55. The van der Waals surface area contributed by atoms with E-state index < -0.39 is 42.6 Å². The van der Waals surface area contributed by atoms with Crippen LogP contribution in [0.3, 0.4) is 0 Å². The van der Waals surface area contributed by atoms with E-state index in [1.807, 2.05) is 30.3 Å². The zero-order valence-corrected chi connectivity index (χ0v) is 13.7. The lowest BCUT2D eigenvalue weighted by Crippen LogP contribution is -2.59. The summed E-state index contributed by atoms with van der Waals surface area (Å²) >= 11 is 0. The van der Waals surface area contributed by atoms with Crippen LogP contribution in [0.1, 0.15) is 25.3 Å². The predicted molar refractivity (Wildman–Crippen MR) is 84.1 cm³/mol. The predicted octanol–water partition coefficient (Wildman–Crippen LogP) is 0.177. The van der Waals surface area contributed by atoms with Gasteiger partial charge in [0.05, 0.1) is 5.92 Å². The Morgan fingerprint density at radius 1 is 1.17 bits per heavy atom. The molecule has 1 aromatic rings. The molecule has 1 saturated heterocycles. The largest absolute Gasteiger partial charge is 0.462 e. The molecule has 1 aliphatic rings. The van der Waals surface area contributed by atoms with E-state index in [2.05, 4.69) is 0 Å². The lowest BCUT2D eigenvalue weighted by molar-refractivity contribution is -0.300. The van der Waals surface area contributed by atoms with Crippen molar-refractivity contribution in [3.63, 3.8) is 0 Å². The van der Waals surface area contributed by atoms with E-state index in [0.717, 1.165) is 5.56 Å². The molecule has 1 aliphatic heterocycles. The van der Waals surface area contributed by atoms with Gasteiger partial charge in [0.25, 0.3) is 0 Å². The van der Waals surface area contributed by atoms with Crippen LogP contribution in [0.4, 0.5) is 0 Å². The molecule has 0 aromatic heterocycles. The van der Waals surface area contributed by atoms with Crippen molar-refractivity contribution >= 4 is 5.97 Å². The van der Waals surface area contributed by atoms with Crippen LogP contribution in [0.25, 0.3) is 0 Å². The molecular weight excluding hydrogens is 316 g/mol. The maximum atomic E-state index is 12.1. The average molecular weight is 340 g/mol. The minimum atomic E-state index is -1.44. The van der Waals surface area contributed by atoms with Gasteiger partial charge in [-0.2, -0.15) is 0 Å². The van der Waals surface area contributed by atoms with Crippen molar-refractivity contribution in [2.75, 3.05) is 13.2 Å². The average Bonchev–Trinajstić information content (AvgIpc) is 2.61. The second-order valence-corrected chi connectivity index (χ2v) is 5.73. The molecule has 0 amide bonds. The first-order chi connectivity index (χ1) is 11.5. The van der Waals surface area contributed by atoms with E-state index in [1.54, 1.807) is 13.8 Å². The lowest BCUT2D eigenvalue weighted by Gasteiger charge is -2.39. The number of carbonyl (C=O) groups excluding carboxylic acids is 1. The summed E-state index contributed by atoms with van der Waals surface area (Å²) in [5.41, 5.74) is 0.815. The van der Waals surface area contributed by atoms with E-state index in [0.29, 0.717) is 0 Å². The standard InChI is InChI=1S/C17H24O7/c1-3-22-17-15(20)14(19)13(18)12(24-17)9-23-16(21)10(2)11-7-5-4-6-8-11/h4-8,10,12-15,17-20H,3,9H2,1-2H3/t10-,12-,13-,14+,15-,17-/m1/s1. The monoisotopic (exact) mass is 340 g/mol. The smallest absolute Gasteiger partial charge is 0.313 e. The minimum Gasteiger partial charge on any atom is -0.462 e. The topological polar surface area (TPSA) is 105 Å². The highest BCUT2D eigenvalue weighted by Crippen LogP contribution is 2.23. The molecule has 7 heteroatoms. The summed E-state index contributed by atoms with van der Waals surface area (Å²) in [7, 11) is 0. The number of ether oxygens (including phenoxy) is 3. The highest BCUT2D eigenvalue weighted by atomic mass is 16.7. The first-order valence-electron chi connectivity index (χ1n) is 7.98. The molecular formula is C17H24O7.